The third-order valence-electron chi connectivity index (χ3n) is 3.61. The highest BCUT2D eigenvalue weighted by Gasteiger charge is 2.13. The Bertz CT molecular complexity index is 859. The largest absolute Gasteiger partial charge is 0.351 e. The number of hydrogen-bond donors (Lipinski definition) is 1. The summed E-state index contributed by atoms with van der Waals surface area (Å²) in [6.45, 7) is 2.58. The summed E-state index contributed by atoms with van der Waals surface area (Å²) >= 11 is 2.94. The first kappa shape index (κ1) is 17.7. The molecule has 0 radical (unpaired) electrons. The van der Waals surface area contributed by atoms with Gasteiger partial charge in [-0.2, -0.15) is 0 Å². The van der Waals surface area contributed by atoms with Gasteiger partial charge in [0.15, 0.2) is 0 Å². The van der Waals surface area contributed by atoms with E-state index in [0.717, 1.165) is 30.0 Å². The summed E-state index contributed by atoms with van der Waals surface area (Å²) < 4.78 is 13.8. The van der Waals surface area contributed by atoms with Crippen LogP contribution in [0.2, 0.25) is 0 Å². The molecule has 3 rings (SSSR count). The Labute approximate surface area is 153 Å². The Morgan fingerprint density at radius 1 is 1.16 bits per heavy atom. The molecule has 0 aliphatic heterocycles. The molecule has 7 heteroatoms. The minimum Gasteiger partial charge on any atom is -0.351 e. The number of aromatic nitrogens is 2. The molecule has 0 unspecified atom stereocenters. The van der Waals surface area contributed by atoms with E-state index < -0.39 is 0 Å². The van der Waals surface area contributed by atoms with E-state index in [1.807, 2.05) is 12.3 Å². The van der Waals surface area contributed by atoms with Crippen LogP contribution < -0.4 is 5.32 Å². The van der Waals surface area contributed by atoms with E-state index in [2.05, 4.69) is 15.3 Å². The van der Waals surface area contributed by atoms with E-state index in [9.17, 15) is 9.18 Å². The lowest BCUT2D eigenvalue weighted by Gasteiger charge is -2.02. The Morgan fingerprint density at radius 3 is 2.76 bits per heavy atom. The Kier molecular flexibility index (Phi) is 5.88. The molecule has 0 aliphatic rings. The lowest BCUT2D eigenvalue weighted by molar-refractivity contribution is 0.0949. The first-order valence-corrected chi connectivity index (χ1v) is 9.79. The van der Waals surface area contributed by atoms with Crippen molar-refractivity contribution in [2.75, 3.05) is 6.54 Å². The van der Waals surface area contributed by atoms with Crippen LogP contribution >= 0.6 is 22.7 Å². The van der Waals surface area contributed by atoms with Gasteiger partial charge in [-0.1, -0.05) is 12.1 Å². The number of nitrogens with zero attached hydrogens (tertiary/aromatic N) is 2. The zero-order valence-corrected chi connectivity index (χ0v) is 15.4. The van der Waals surface area contributed by atoms with Crippen LogP contribution in [-0.2, 0) is 6.42 Å². The van der Waals surface area contributed by atoms with Crippen LogP contribution in [0.1, 0.15) is 34.0 Å². The minimum atomic E-state index is -0.332. The summed E-state index contributed by atoms with van der Waals surface area (Å²) in [6.07, 6.45) is 2.79. The monoisotopic (exact) mass is 375 g/mol. The molecule has 1 N–H and O–H groups in total. The minimum absolute atomic E-state index is 0.219. The summed E-state index contributed by atoms with van der Waals surface area (Å²) in [6, 6.07) is 6.44. The number of carbonyl (C=O) groups excluding carboxylic acids is 1. The number of amides is 1. The van der Waals surface area contributed by atoms with Gasteiger partial charge in [0.05, 0.1) is 5.01 Å². The predicted octanol–water partition coefficient (Wildman–Crippen LogP) is 4.47. The number of benzene rings is 1. The fourth-order valence-corrected chi connectivity index (χ4v) is 3.99. The van der Waals surface area contributed by atoms with Gasteiger partial charge >= 0.3 is 0 Å². The Balaban J connectivity index is 1.46. The first-order chi connectivity index (χ1) is 12.1. The van der Waals surface area contributed by atoms with Crippen molar-refractivity contribution >= 4 is 28.6 Å². The molecular formula is C18H18FN3OS2. The third-order valence-corrected chi connectivity index (χ3v) is 5.51. The molecule has 0 saturated heterocycles. The highest BCUT2D eigenvalue weighted by molar-refractivity contribution is 7.13. The average molecular weight is 375 g/mol. The highest BCUT2D eigenvalue weighted by Crippen LogP contribution is 2.26. The molecule has 25 heavy (non-hydrogen) atoms. The summed E-state index contributed by atoms with van der Waals surface area (Å²) in [5.74, 6) is -0.551. The molecule has 4 nitrogen and oxygen atoms in total. The number of nitrogens with one attached hydrogen (secondary N) is 1. The molecule has 0 aliphatic carbocycles. The van der Waals surface area contributed by atoms with Crippen molar-refractivity contribution in [3.8, 4) is 10.6 Å². The van der Waals surface area contributed by atoms with Crippen molar-refractivity contribution in [3.63, 3.8) is 0 Å². The van der Waals surface area contributed by atoms with Crippen molar-refractivity contribution in [1.29, 1.82) is 0 Å². The molecular weight excluding hydrogens is 357 g/mol. The van der Waals surface area contributed by atoms with Gasteiger partial charge in [0.2, 0.25) is 0 Å². The number of thiazole rings is 2. The van der Waals surface area contributed by atoms with Crippen LogP contribution in [0.25, 0.3) is 10.6 Å². The van der Waals surface area contributed by atoms with Crippen LogP contribution in [0.3, 0.4) is 0 Å². The third kappa shape index (κ3) is 4.70. The molecule has 1 amide bonds. The summed E-state index contributed by atoms with van der Waals surface area (Å²) in [5, 5.41) is 8.23. The molecule has 0 fully saturated rings. The molecule has 0 bridgehead atoms. The zero-order valence-electron chi connectivity index (χ0n) is 13.8. The van der Waals surface area contributed by atoms with Gasteiger partial charge in [-0.15, -0.1) is 22.7 Å². The molecule has 0 saturated carbocycles. The molecule has 0 spiro atoms. The molecule has 0 atom stereocenters. The van der Waals surface area contributed by atoms with Crippen molar-refractivity contribution in [2.45, 2.75) is 26.2 Å². The van der Waals surface area contributed by atoms with E-state index >= 15 is 0 Å². The van der Waals surface area contributed by atoms with Gasteiger partial charge < -0.3 is 5.32 Å². The summed E-state index contributed by atoms with van der Waals surface area (Å²) in [4.78, 5) is 20.8. The van der Waals surface area contributed by atoms with E-state index in [1.54, 1.807) is 34.9 Å². The fourth-order valence-electron chi connectivity index (χ4n) is 2.35. The van der Waals surface area contributed by atoms with Crippen molar-refractivity contribution in [1.82, 2.24) is 15.3 Å². The molecule has 3 aromatic rings. The number of carbonyl (C=O) groups is 1. The maximum Gasteiger partial charge on any atom is 0.270 e. The van der Waals surface area contributed by atoms with Gasteiger partial charge in [-0.3, -0.25) is 4.79 Å². The van der Waals surface area contributed by atoms with Crippen LogP contribution in [0.5, 0.6) is 0 Å². The number of hydrogen-bond acceptors (Lipinski definition) is 5. The zero-order chi connectivity index (χ0) is 17.6. The fraction of sp³-hybridized carbons (Fsp3) is 0.278. The number of halogens is 1. The van der Waals surface area contributed by atoms with Gasteiger partial charge in [-0.05, 0) is 38.3 Å². The first-order valence-electron chi connectivity index (χ1n) is 8.03. The van der Waals surface area contributed by atoms with Crippen LogP contribution in [0, 0.1) is 12.7 Å². The second-order valence-electron chi connectivity index (χ2n) is 5.61. The van der Waals surface area contributed by atoms with Gasteiger partial charge in [0.1, 0.15) is 16.5 Å². The maximum atomic E-state index is 13.8. The van der Waals surface area contributed by atoms with Crippen LogP contribution in [0.4, 0.5) is 4.39 Å². The molecule has 2 heterocycles. The standard InChI is InChI=1S/C18H18FN3OS2/c1-12-10-24-16(21-12)8-4-5-9-20-17(23)15-11-25-18(22-15)13-6-2-3-7-14(13)19/h2-3,6-7,10-11H,4-5,8-9H2,1H3,(H,20,23). The van der Waals surface area contributed by atoms with Crippen molar-refractivity contribution in [3.05, 3.63) is 57.2 Å². The van der Waals surface area contributed by atoms with E-state index in [4.69, 9.17) is 0 Å². The highest BCUT2D eigenvalue weighted by atomic mass is 32.1. The van der Waals surface area contributed by atoms with Gasteiger partial charge in [0, 0.05) is 28.6 Å². The number of rotatable bonds is 7. The van der Waals surface area contributed by atoms with Crippen LogP contribution in [-0.4, -0.2) is 22.4 Å². The van der Waals surface area contributed by atoms with E-state index in [-0.39, 0.29) is 11.7 Å². The smallest absolute Gasteiger partial charge is 0.270 e. The molecule has 1 aromatic carbocycles. The quantitative estimate of drug-likeness (QED) is 0.620. The Morgan fingerprint density at radius 2 is 2.00 bits per heavy atom. The topological polar surface area (TPSA) is 54.9 Å². The second kappa shape index (κ2) is 8.31. The lowest BCUT2D eigenvalue weighted by Crippen LogP contribution is -2.24. The SMILES string of the molecule is Cc1csc(CCCCNC(=O)c2csc(-c3ccccc3F)n2)n1. The van der Waals surface area contributed by atoms with Crippen molar-refractivity contribution in [2.24, 2.45) is 0 Å². The molecule has 130 valence electrons. The van der Waals surface area contributed by atoms with Crippen molar-refractivity contribution < 1.29 is 9.18 Å². The lowest BCUT2D eigenvalue weighted by atomic mass is 10.2. The van der Waals surface area contributed by atoms with Gasteiger partial charge in [0.25, 0.3) is 5.91 Å². The normalized spacial score (nSPS) is 10.8. The predicted molar refractivity (Wildman–Crippen MR) is 99.6 cm³/mol. The number of aryl methyl sites for hydroxylation is 2. The second-order valence-corrected chi connectivity index (χ2v) is 7.41. The maximum absolute atomic E-state index is 13.8. The molecule has 2 aromatic heterocycles. The van der Waals surface area contributed by atoms with E-state index in [1.165, 1.54) is 17.4 Å². The van der Waals surface area contributed by atoms with Crippen LogP contribution in [0.15, 0.2) is 35.0 Å². The number of unbranched alkanes of at least 4 members (excludes halogenated alkanes) is 1. The average Bonchev–Trinajstić information content (AvgIpc) is 3.24. The Hall–Kier alpha value is -2.12. The van der Waals surface area contributed by atoms with Gasteiger partial charge in [-0.25, -0.2) is 14.4 Å². The van der Waals surface area contributed by atoms with E-state index in [0.29, 0.717) is 22.8 Å². The summed E-state index contributed by atoms with van der Waals surface area (Å²) in [5.41, 5.74) is 1.81. The summed E-state index contributed by atoms with van der Waals surface area (Å²) in [7, 11) is 0.